The normalized spacial score (nSPS) is 26.1. The molecule has 0 radical (unpaired) electrons. The van der Waals surface area contributed by atoms with Gasteiger partial charge in [0.1, 0.15) is 0 Å². The van der Waals surface area contributed by atoms with Gasteiger partial charge in [-0.2, -0.15) is 0 Å². The minimum absolute atomic E-state index is 0.391. The Balaban J connectivity index is 1.93. The Kier molecular flexibility index (Phi) is 4.13. The van der Waals surface area contributed by atoms with E-state index in [9.17, 15) is 0 Å². The number of nitrogens with two attached hydrogens (primary N) is 1. The van der Waals surface area contributed by atoms with E-state index < -0.39 is 0 Å². The first-order valence-electron chi connectivity index (χ1n) is 6.58. The van der Waals surface area contributed by atoms with Crippen molar-refractivity contribution in [1.82, 2.24) is 9.88 Å². The zero-order valence-corrected chi connectivity index (χ0v) is 10.9. The van der Waals surface area contributed by atoms with Crippen molar-refractivity contribution in [3.05, 3.63) is 29.6 Å². The molecule has 2 rings (SSSR count). The fourth-order valence-electron chi connectivity index (χ4n) is 2.52. The molecule has 0 amide bonds. The van der Waals surface area contributed by atoms with Crippen molar-refractivity contribution in [2.75, 3.05) is 13.1 Å². The Morgan fingerprint density at radius 3 is 2.94 bits per heavy atom. The molecule has 1 saturated heterocycles. The van der Waals surface area contributed by atoms with Gasteiger partial charge in [-0.3, -0.25) is 9.88 Å². The van der Waals surface area contributed by atoms with E-state index in [0.717, 1.165) is 26.1 Å². The van der Waals surface area contributed by atoms with Crippen molar-refractivity contribution in [3.63, 3.8) is 0 Å². The van der Waals surface area contributed by atoms with E-state index in [1.165, 1.54) is 17.7 Å². The molecule has 3 nitrogen and oxygen atoms in total. The molecule has 0 saturated carbocycles. The van der Waals surface area contributed by atoms with E-state index in [4.69, 9.17) is 5.73 Å². The molecule has 0 aromatic carbocycles. The topological polar surface area (TPSA) is 42.2 Å². The summed E-state index contributed by atoms with van der Waals surface area (Å²) in [5.74, 6) is 0.647. The van der Waals surface area contributed by atoms with Crippen molar-refractivity contribution in [2.45, 2.75) is 39.3 Å². The number of nitrogens with zero attached hydrogens (tertiary/aromatic N) is 2. The lowest BCUT2D eigenvalue weighted by Gasteiger charge is -2.36. The smallest absolute Gasteiger partial charge is 0.0544 e. The van der Waals surface area contributed by atoms with Gasteiger partial charge >= 0.3 is 0 Å². The molecule has 2 unspecified atom stereocenters. The number of pyridine rings is 1. The van der Waals surface area contributed by atoms with Crippen molar-refractivity contribution in [1.29, 1.82) is 0 Å². The van der Waals surface area contributed by atoms with Gasteiger partial charge in [-0.15, -0.1) is 0 Å². The molecule has 1 aromatic rings. The number of rotatable bonds is 3. The number of piperidine rings is 1. The highest BCUT2D eigenvalue weighted by Crippen LogP contribution is 2.19. The van der Waals surface area contributed by atoms with E-state index in [0.29, 0.717) is 12.0 Å². The summed E-state index contributed by atoms with van der Waals surface area (Å²) in [7, 11) is 0. The first-order chi connectivity index (χ1) is 8.19. The van der Waals surface area contributed by atoms with Gasteiger partial charge in [0.25, 0.3) is 0 Å². The lowest BCUT2D eigenvalue weighted by atomic mass is 9.90. The molecule has 2 heterocycles. The molecule has 1 fully saturated rings. The fraction of sp³-hybridized carbons (Fsp3) is 0.643. The lowest BCUT2D eigenvalue weighted by molar-refractivity contribution is 0.144. The van der Waals surface area contributed by atoms with Gasteiger partial charge < -0.3 is 5.73 Å². The van der Waals surface area contributed by atoms with Crippen LogP contribution in [0.5, 0.6) is 0 Å². The second kappa shape index (κ2) is 5.61. The van der Waals surface area contributed by atoms with Gasteiger partial charge in [-0.1, -0.05) is 19.4 Å². The molecule has 2 atom stereocenters. The Morgan fingerprint density at radius 2 is 2.29 bits per heavy atom. The second-order valence-electron chi connectivity index (χ2n) is 5.18. The van der Waals surface area contributed by atoms with Gasteiger partial charge in [-0.05, 0) is 30.9 Å². The largest absolute Gasteiger partial charge is 0.327 e. The number of aryl methyl sites for hydroxylation is 1. The average Bonchev–Trinajstić information content (AvgIpc) is 2.34. The number of likely N-dealkylation sites (tertiary alicyclic amines) is 1. The van der Waals surface area contributed by atoms with Crippen molar-refractivity contribution < 1.29 is 0 Å². The molecule has 94 valence electrons. The molecule has 0 spiro atoms. The third-order valence-electron chi connectivity index (χ3n) is 3.76. The van der Waals surface area contributed by atoms with Gasteiger partial charge in [-0.25, -0.2) is 0 Å². The summed E-state index contributed by atoms with van der Waals surface area (Å²) in [6.07, 6.45) is 4.24. The quantitative estimate of drug-likeness (QED) is 0.867. The number of hydrogen-bond acceptors (Lipinski definition) is 3. The van der Waals surface area contributed by atoms with E-state index in [1.54, 1.807) is 0 Å². The maximum Gasteiger partial charge on any atom is 0.0544 e. The summed E-state index contributed by atoms with van der Waals surface area (Å²) < 4.78 is 0. The predicted molar refractivity (Wildman–Crippen MR) is 70.6 cm³/mol. The summed E-state index contributed by atoms with van der Waals surface area (Å²) >= 11 is 0. The van der Waals surface area contributed by atoms with Crippen LogP contribution in [-0.4, -0.2) is 29.0 Å². The Morgan fingerprint density at radius 1 is 1.47 bits per heavy atom. The van der Waals surface area contributed by atoms with E-state index in [2.05, 4.69) is 35.9 Å². The summed E-state index contributed by atoms with van der Waals surface area (Å²) in [4.78, 5) is 6.95. The third kappa shape index (κ3) is 3.27. The minimum atomic E-state index is 0.391. The second-order valence-corrected chi connectivity index (χ2v) is 5.18. The Hall–Kier alpha value is -0.930. The monoisotopic (exact) mass is 233 g/mol. The van der Waals surface area contributed by atoms with Gasteiger partial charge in [0.2, 0.25) is 0 Å². The molecule has 2 N–H and O–H groups in total. The van der Waals surface area contributed by atoms with Crippen LogP contribution in [-0.2, 0) is 6.54 Å². The number of hydrogen-bond donors (Lipinski definition) is 1. The molecular weight excluding hydrogens is 210 g/mol. The zero-order valence-electron chi connectivity index (χ0n) is 10.9. The highest BCUT2D eigenvalue weighted by Gasteiger charge is 2.25. The summed E-state index contributed by atoms with van der Waals surface area (Å²) in [6.45, 7) is 7.49. The third-order valence-corrected chi connectivity index (χ3v) is 3.76. The first-order valence-corrected chi connectivity index (χ1v) is 6.58. The van der Waals surface area contributed by atoms with Gasteiger partial charge in [0.15, 0.2) is 0 Å². The first kappa shape index (κ1) is 12.5. The summed E-state index contributed by atoms with van der Waals surface area (Å²) in [5.41, 5.74) is 8.51. The maximum absolute atomic E-state index is 6.12. The molecular formula is C14H23N3. The molecule has 0 bridgehead atoms. The highest BCUT2D eigenvalue weighted by molar-refractivity contribution is 5.12. The Bertz CT molecular complexity index is 347. The molecule has 1 aliphatic heterocycles. The fourth-order valence-corrected chi connectivity index (χ4v) is 2.52. The minimum Gasteiger partial charge on any atom is -0.327 e. The van der Waals surface area contributed by atoms with Crippen molar-refractivity contribution in [3.8, 4) is 0 Å². The highest BCUT2D eigenvalue weighted by atomic mass is 15.1. The van der Waals surface area contributed by atoms with Crippen LogP contribution in [0.1, 0.15) is 31.0 Å². The summed E-state index contributed by atoms with van der Waals surface area (Å²) in [6, 6.07) is 4.65. The van der Waals surface area contributed by atoms with Gasteiger partial charge in [0.05, 0.1) is 5.69 Å². The van der Waals surface area contributed by atoms with Crippen LogP contribution in [0.3, 0.4) is 0 Å². The van der Waals surface area contributed by atoms with Crippen molar-refractivity contribution in [2.24, 2.45) is 11.7 Å². The van der Waals surface area contributed by atoms with Crippen LogP contribution >= 0.6 is 0 Å². The molecule has 0 aliphatic carbocycles. The van der Waals surface area contributed by atoms with E-state index in [1.807, 2.05) is 6.20 Å². The zero-order chi connectivity index (χ0) is 12.3. The number of aromatic nitrogens is 1. The molecule has 1 aliphatic rings. The van der Waals surface area contributed by atoms with E-state index >= 15 is 0 Å². The summed E-state index contributed by atoms with van der Waals surface area (Å²) in [5, 5.41) is 0. The van der Waals surface area contributed by atoms with Crippen LogP contribution < -0.4 is 5.73 Å². The lowest BCUT2D eigenvalue weighted by Crippen LogP contribution is -2.46. The maximum atomic E-state index is 6.12. The Labute approximate surface area is 104 Å². The predicted octanol–water partition coefficient (Wildman–Crippen LogP) is 1.95. The van der Waals surface area contributed by atoms with Crippen LogP contribution in [0.15, 0.2) is 18.3 Å². The van der Waals surface area contributed by atoms with E-state index in [-0.39, 0.29) is 0 Å². The van der Waals surface area contributed by atoms with Crippen LogP contribution in [0.2, 0.25) is 0 Å². The molecule has 1 aromatic heterocycles. The standard InChI is InChI=1S/C14H23N3/c1-3-12-9-17(7-6-14(12)15)10-13-5-4-11(2)8-16-13/h4-5,8,12,14H,3,6-7,9-10,15H2,1-2H3. The molecule has 3 heteroatoms. The average molecular weight is 233 g/mol. The molecule has 17 heavy (non-hydrogen) atoms. The van der Waals surface area contributed by atoms with Crippen LogP contribution in [0, 0.1) is 12.8 Å². The SMILES string of the molecule is CCC1CN(Cc2ccc(C)cn2)CCC1N. The van der Waals surface area contributed by atoms with Gasteiger partial charge in [0, 0.05) is 31.9 Å². The van der Waals surface area contributed by atoms with Crippen LogP contribution in [0.4, 0.5) is 0 Å². The van der Waals surface area contributed by atoms with Crippen LogP contribution in [0.25, 0.3) is 0 Å². The van der Waals surface area contributed by atoms with Crippen molar-refractivity contribution >= 4 is 0 Å².